The van der Waals surface area contributed by atoms with Crippen molar-refractivity contribution in [1.82, 2.24) is 14.6 Å². The minimum absolute atomic E-state index is 0.568. The third-order valence-corrected chi connectivity index (χ3v) is 3.41. The summed E-state index contributed by atoms with van der Waals surface area (Å²) < 4.78 is 2.34. The smallest absolute Gasteiger partial charge is 0.192 e. The Morgan fingerprint density at radius 2 is 2.12 bits per heavy atom. The first-order valence-corrected chi connectivity index (χ1v) is 5.80. The highest BCUT2D eigenvalue weighted by molar-refractivity contribution is 7.19. The second-order valence-electron chi connectivity index (χ2n) is 3.26. The molecule has 0 aromatic carbocycles. The van der Waals surface area contributed by atoms with Crippen molar-refractivity contribution in [1.29, 1.82) is 0 Å². The van der Waals surface area contributed by atoms with Crippen LogP contribution in [0.3, 0.4) is 0 Å². The predicted molar refractivity (Wildman–Crippen MR) is 65.7 cm³/mol. The summed E-state index contributed by atoms with van der Waals surface area (Å²) >= 11 is 7.32. The van der Waals surface area contributed by atoms with Gasteiger partial charge in [-0.2, -0.15) is 4.52 Å². The van der Waals surface area contributed by atoms with Gasteiger partial charge >= 0.3 is 0 Å². The molecule has 0 saturated carbocycles. The van der Waals surface area contributed by atoms with Gasteiger partial charge in [0, 0.05) is 0 Å². The first kappa shape index (κ1) is 9.62. The molecule has 0 aliphatic carbocycles. The molecule has 0 aliphatic heterocycles. The van der Waals surface area contributed by atoms with Crippen molar-refractivity contribution in [2.24, 2.45) is 0 Å². The summed E-state index contributed by atoms with van der Waals surface area (Å²) in [5.74, 6) is 1.22. The number of anilines is 1. The molecule has 2 N–H and O–H groups in total. The van der Waals surface area contributed by atoms with Crippen LogP contribution in [-0.2, 0) is 0 Å². The molecule has 0 spiro atoms. The molecule has 80 valence electrons. The van der Waals surface area contributed by atoms with Crippen molar-refractivity contribution in [3.8, 4) is 10.7 Å². The lowest BCUT2D eigenvalue weighted by Gasteiger charge is -1.93. The van der Waals surface area contributed by atoms with Gasteiger partial charge in [0.2, 0.25) is 0 Å². The van der Waals surface area contributed by atoms with Crippen molar-refractivity contribution in [2.75, 3.05) is 5.73 Å². The summed E-state index contributed by atoms with van der Waals surface area (Å²) in [6, 6.07) is 9.23. The minimum atomic E-state index is 0.568. The van der Waals surface area contributed by atoms with Crippen molar-refractivity contribution in [2.45, 2.75) is 0 Å². The molecule has 16 heavy (non-hydrogen) atoms. The first-order chi connectivity index (χ1) is 7.74. The molecule has 0 radical (unpaired) electrons. The number of nitrogens with two attached hydrogens (primary N) is 1. The quantitative estimate of drug-likeness (QED) is 0.722. The van der Waals surface area contributed by atoms with Crippen LogP contribution in [0.1, 0.15) is 0 Å². The van der Waals surface area contributed by atoms with Gasteiger partial charge in [-0.15, -0.1) is 16.4 Å². The number of aromatic nitrogens is 3. The molecule has 0 saturated heterocycles. The number of nitrogens with zero attached hydrogens (tertiary/aromatic N) is 3. The highest BCUT2D eigenvalue weighted by Gasteiger charge is 2.09. The van der Waals surface area contributed by atoms with E-state index >= 15 is 0 Å². The Balaban J connectivity index is 2.22. The van der Waals surface area contributed by atoms with Crippen molar-refractivity contribution >= 4 is 34.4 Å². The van der Waals surface area contributed by atoms with Crippen molar-refractivity contribution in [3.05, 3.63) is 34.7 Å². The minimum Gasteiger partial charge on any atom is -0.384 e. The van der Waals surface area contributed by atoms with E-state index in [1.54, 1.807) is 10.6 Å². The van der Waals surface area contributed by atoms with Gasteiger partial charge < -0.3 is 5.73 Å². The summed E-state index contributed by atoms with van der Waals surface area (Å²) in [6.07, 6.45) is 0. The van der Waals surface area contributed by atoms with Crippen LogP contribution >= 0.6 is 22.9 Å². The summed E-state index contributed by atoms with van der Waals surface area (Å²) in [4.78, 5) is 5.32. The number of fused-ring (bicyclic) bond motifs is 1. The molecule has 0 aliphatic rings. The third-order valence-electron chi connectivity index (χ3n) is 2.18. The van der Waals surface area contributed by atoms with Crippen LogP contribution in [0.15, 0.2) is 30.3 Å². The first-order valence-electron chi connectivity index (χ1n) is 4.61. The van der Waals surface area contributed by atoms with E-state index in [4.69, 9.17) is 17.3 Å². The molecule has 4 nitrogen and oxygen atoms in total. The molecule has 3 aromatic rings. The predicted octanol–water partition coefficient (Wildman–Crippen LogP) is 2.69. The summed E-state index contributed by atoms with van der Waals surface area (Å²) in [6.45, 7) is 0. The van der Waals surface area contributed by atoms with E-state index in [-0.39, 0.29) is 0 Å². The fourth-order valence-corrected chi connectivity index (χ4v) is 2.44. The maximum Gasteiger partial charge on any atom is 0.192 e. The Morgan fingerprint density at radius 1 is 1.25 bits per heavy atom. The van der Waals surface area contributed by atoms with E-state index in [9.17, 15) is 0 Å². The topological polar surface area (TPSA) is 56.2 Å². The highest BCUT2D eigenvalue weighted by Crippen LogP contribution is 2.29. The van der Waals surface area contributed by atoms with Gasteiger partial charge in [0.15, 0.2) is 11.5 Å². The van der Waals surface area contributed by atoms with Crippen molar-refractivity contribution in [3.63, 3.8) is 0 Å². The third kappa shape index (κ3) is 1.45. The Labute approximate surface area is 100 Å². The number of pyridine rings is 1. The average Bonchev–Trinajstić information content (AvgIpc) is 2.84. The van der Waals surface area contributed by atoms with Gasteiger partial charge in [0.05, 0.1) is 9.21 Å². The van der Waals surface area contributed by atoms with E-state index in [1.165, 1.54) is 11.3 Å². The number of nitrogen functional groups attached to an aromatic ring is 1. The number of hydrogen-bond donors (Lipinski definition) is 1. The van der Waals surface area contributed by atoms with E-state index in [2.05, 4.69) is 10.1 Å². The Morgan fingerprint density at radius 3 is 2.81 bits per heavy atom. The Bertz CT molecular complexity index is 658. The fraction of sp³-hybridized carbons (Fsp3) is 0. The molecule has 0 atom stereocenters. The van der Waals surface area contributed by atoms with E-state index in [1.807, 2.05) is 24.3 Å². The molecule has 3 heterocycles. The van der Waals surface area contributed by atoms with Crippen LogP contribution in [0.25, 0.3) is 16.3 Å². The average molecular weight is 251 g/mol. The fourth-order valence-electron chi connectivity index (χ4n) is 1.46. The zero-order valence-corrected chi connectivity index (χ0v) is 9.66. The largest absolute Gasteiger partial charge is 0.384 e. The summed E-state index contributed by atoms with van der Waals surface area (Å²) in [5, 5.41) is 4.33. The lowest BCUT2D eigenvalue weighted by atomic mass is 10.4. The molecule has 3 rings (SSSR count). The Hall–Kier alpha value is -1.59. The number of rotatable bonds is 1. The van der Waals surface area contributed by atoms with Gasteiger partial charge in [-0.3, -0.25) is 0 Å². The van der Waals surface area contributed by atoms with Crippen LogP contribution in [0.2, 0.25) is 4.34 Å². The molecule has 6 heteroatoms. The molecule has 0 bridgehead atoms. The molecule has 3 aromatic heterocycles. The molecule has 0 fully saturated rings. The lowest BCUT2D eigenvalue weighted by molar-refractivity contribution is 0.980. The molecule has 0 unspecified atom stereocenters. The summed E-state index contributed by atoms with van der Waals surface area (Å²) in [5.41, 5.74) is 6.53. The Kier molecular flexibility index (Phi) is 2.08. The number of hydrogen-bond acceptors (Lipinski definition) is 4. The second kappa shape index (κ2) is 3.47. The van der Waals surface area contributed by atoms with Gasteiger partial charge in [-0.25, -0.2) is 4.98 Å². The van der Waals surface area contributed by atoms with Crippen LogP contribution in [0.4, 0.5) is 5.82 Å². The normalized spacial score (nSPS) is 11.1. The van der Waals surface area contributed by atoms with Crippen LogP contribution in [0, 0.1) is 0 Å². The standard InChI is InChI=1S/C10H7ClN4S/c11-7-5-4-6(16-7)10-13-9-3-1-2-8(12)15(9)14-10/h1-5H,12H2. The van der Waals surface area contributed by atoms with E-state index in [0.717, 1.165) is 14.9 Å². The van der Waals surface area contributed by atoms with Crippen LogP contribution in [0.5, 0.6) is 0 Å². The lowest BCUT2D eigenvalue weighted by Crippen LogP contribution is -1.96. The van der Waals surface area contributed by atoms with E-state index in [0.29, 0.717) is 11.6 Å². The number of halogens is 1. The van der Waals surface area contributed by atoms with Gasteiger partial charge in [-0.05, 0) is 24.3 Å². The van der Waals surface area contributed by atoms with Crippen LogP contribution in [-0.4, -0.2) is 14.6 Å². The number of thiophene rings is 1. The highest BCUT2D eigenvalue weighted by atomic mass is 35.5. The SMILES string of the molecule is Nc1cccc2nc(-c3ccc(Cl)s3)nn12. The van der Waals surface area contributed by atoms with Crippen molar-refractivity contribution < 1.29 is 0 Å². The van der Waals surface area contributed by atoms with E-state index < -0.39 is 0 Å². The van der Waals surface area contributed by atoms with Gasteiger partial charge in [0.25, 0.3) is 0 Å². The zero-order chi connectivity index (χ0) is 11.1. The summed E-state index contributed by atoms with van der Waals surface area (Å²) in [7, 11) is 0. The van der Waals surface area contributed by atoms with Crippen LogP contribution < -0.4 is 5.73 Å². The van der Waals surface area contributed by atoms with Gasteiger partial charge in [-0.1, -0.05) is 17.7 Å². The molecular weight excluding hydrogens is 244 g/mol. The monoisotopic (exact) mass is 250 g/mol. The molecular formula is C10H7ClN4S. The maximum atomic E-state index is 5.87. The van der Waals surface area contributed by atoms with Gasteiger partial charge in [0.1, 0.15) is 5.82 Å². The maximum absolute atomic E-state index is 5.87. The second-order valence-corrected chi connectivity index (χ2v) is 4.97. The molecule has 0 amide bonds. The zero-order valence-electron chi connectivity index (χ0n) is 8.09.